The highest BCUT2D eigenvalue weighted by atomic mass is 32.2. The van der Waals surface area contributed by atoms with E-state index in [2.05, 4.69) is 34.4 Å². The zero-order chi connectivity index (χ0) is 13.8. The van der Waals surface area contributed by atoms with E-state index in [4.69, 9.17) is 5.73 Å². The van der Waals surface area contributed by atoms with Gasteiger partial charge < -0.3 is 5.73 Å². The number of aryl methyl sites for hydroxylation is 2. The van der Waals surface area contributed by atoms with Crippen molar-refractivity contribution in [1.82, 2.24) is 9.97 Å². The molecule has 0 saturated carbocycles. The molecule has 0 unspecified atom stereocenters. The number of benzene rings is 1. The Balaban J connectivity index is 2.37. The average Bonchev–Trinajstić information content (AvgIpc) is 2.37. The lowest BCUT2D eigenvalue weighted by Gasteiger charge is -2.11. The molecule has 19 heavy (non-hydrogen) atoms. The lowest BCUT2D eigenvalue weighted by atomic mass is 10.2. The van der Waals surface area contributed by atoms with Crippen LogP contribution in [-0.4, -0.2) is 16.2 Å². The number of hydrogen-bond donors (Lipinski definition) is 1. The van der Waals surface area contributed by atoms with E-state index in [1.54, 1.807) is 23.5 Å². The van der Waals surface area contributed by atoms with Crippen LogP contribution in [0, 0.1) is 13.8 Å². The molecular weight excluding hydrogens is 274 g/mol. The standard InChI is InChI=1S/C14H17N3S2/c1-9-7-10(2)17-14(16-9)19-13-6-4-5-12(18-3)11(13)8-15/h4-7H,8,15H2,1-3H3. The van der Waals surface area contributed by atoms with E-state index < -0.39 is 0 Å². The van der Waals surface area contributed by atoms with E-state index in [9.17, 15) is 0 Å². The van der Waals surface area contributed by atoms with Crippen molar-refractivity contribution < 1.29 is 0 Å². The van der Waals surface area contributed by atoms with Crippen LogP contribution in [0.25, 0.3) is 0 Å². The summed E-state index contributed by atoms with van der Waals surface area (Å²) in [5.41, 5.74) is 9.02. The Hall–Kier alpha value is -1.04. The van der Waals surface area contributed by atoms with Crippen LogP contribution < -0.4 is 5.73 Å². The van der Waals surface area contributed by atoms with Crippen molar-refractivity contribution in [2.24, 2.45) is 5.73 Å². The molecule has 0 spiro atoms. The molecule has 0 atom stereocenters. The summed E-state index contributed by atoms with van der Waals surface area (Å²) in [6.07, 6.45) is 2.07. The molecule has 3 nitrogen and oxygen atoms in total. The van der Waals surface area contributed by atoms with Crippen molar-refractivity contribution in [1.29, 1.82) is 0 Å². The molecule has 0 aliphatic carbocycles. The lowest BCUT2D eigenvalue weighted by molar-refractivity contribution is 0.898. The molecule has 5 heteroatoms. The summed E-state index contributed by atoms with van der Waals surface area (Å²) in [6, 6.07) is 8.20. The van der Waals surface area contributed by atoms with E-state index in [0.29, 0.717) is 6.54 Å². The number of rotatable bonds is 4. The Kier molecular flexibility index (Phi) is 4.85. The first-order valence-electron chi connectivity index (χ1n) is 6.00. The normalized spacial score (nSPS) is 10.7. The van der Waals surface area contributed by atoms with Crippen LogP contribution >= 0.6 is 23.5 Å². The Morgan fingerprint density at radius 2 is 1.74 bits per heavy atom. The van der Waals surface area contributed by atoms with Crippen molar-refractivity contribution in [3.8, 4) is 0 Å². The van der Waals surface area contributed by atoms with E-state index in [1.807, 2.05) is 19.9 Å². The van der Waals surface area contributed by atoms with Gasteiger partial charge in [0.1, 0.15) is 0 Å². The molecular formula is C14H17N3S2. The van der Waals surface area contributed by atoms with Gasteiger partial charge in [-0.1, -0.05) is 6.07 Å². The van der Waals surface area contributed by atoms with Gasteiger partial charge in [0, 0.05) is 27.7 Å². The highest BCUT2D eigenvalue weighted by molar-refractivity contribution is 7.99. The minimum absolute atomic E-state index is 0.532. The van der Waals surface area contributed by atoms with Gasteiger partial charge in [-0.25, -0.2) is 9.97 Å². The molecule has 2 N–H and O–H groups in total. The Morgan fingerprint density at radius 3 is 2.32 bits per heavy atom. The van der Waals surface area contributed by atoms with Gasteiger partial charge in [-0.05, 0) is 55.6 Å². The van der Waals surface area contributed by atoms with Crippen molar-refractivity contribution in [2.45, 2.75) is 35.3 Å². The van der Waals surface area contributed by atoms with Gasteiger partial charge in [0.05, 0.1) is 0 Å². The van der Waals surface area contributed by atoms with Gasteiger partial charge in [-0.15, -0.1) is 11.8 Å². The van der Waals surface area contributed by atoms with Crippen LogP contribution in [0.4, 0.5) is 0 Å². The molecule has 0 bridgehead atoms. The smallest absolute Gasteiger partial charge is 0.192 e. The third-order valence-corrected chi connectivity index (χ3v) is 4.47. The average molecular weight is 291 g/mol. The van der Waals surface area contributed by atoms with Crippen LogP contribution in [0.5, 0.6) is 0 Å². The van der Waals surface area contributed by atoms with Gasteiger partial charge in [0.2, 0.25) is 0 Å². The second-order valence-corrected chi connectivity index (χ2v) is 6.03. The highest BCUT2D eigenvalue weighted by Crippen LogP contribution is 2.33. The molecule has 0 fully saturated rings. The van der Waals surface area contributed by atoms with Crippen LogP contribution in [0.15, 0.2) is 39.2 Å². The topological polar surface area (TPSA) is 51.8 Å². The van der Waals surface area contributed by atoms with Crippen molar-refractivity contribution in [2.75, 3.05) is 6.26 Å². The molecule has 1 aromatic carbocycles. The molecule has 1 aromatic heterocycles. The van der Waals surface area contributed by atoms with E-state index in [-0.39, 0.29) is 0 Å². The van der Waals surface area contributed by atoms with Gasteiger partial charge in [-0.3, -0.25) is 0 Å². The molecule has 2 rings (SSSR count). The number of nitrogens with zero attached hydrogens (tertiary/aromatic N) is 2. The summed E-state index contributed by atoms with van der Waals surface area (Å²) >= 11 is 3.30. The molecule has 0 radical (unpaired) electrons. The third kappa shape index (κ3) is 3.49. The number of thioether (sulfide) groups is 1. The maximum absolute atomic E-state index is 5.87. The molecule has 1 heterocycles. The molecule has 2 aromatic rings. The second-order valence-electron chi connectivity index (χ2n) is 4.18. The first-order valence-corrected chi connectivity index (χ1v) is 8.04. The summed E-state index contributed by atoms with van der Waals surface area (Å²) in [6.45, 7) is 4.51. The van der Waals surface area contributed by atoms with Crippen LogP contribution in [0.2, 0.25) is 0 Å². The first kappa shape index (κ1) is 14.4. The van der Waals surface area contributed by atoms with Gasteiger partial charge in [-0.2, -0.15) is 0 Å². The number of nitrogens with two attached hydrogens (primary N) is 1. The van der Waals surface area contributed by atoms with Crippen molar-refractivity contribution in [3.63, 3.8) is 0 Å². The maximum Gasteiger partial charge on any atom is 0.192 e. The Labute approximate surface area is 122 Å². The highest BCUT2D eigenvalue weighted by Gasteiger charge is 2.10. The van der Waals surface area contributed by atoms with E-state index in [0.717, 1.165) is 21.4 Å². The SMILES string of the molecule is CSc1cccc(Sc2nc(C)cc(C)n2)c1CN. The minimum Gasteiger partial charge on any atom is -0.326 e. The Morgan fingerprint density at radius 1 is 1.11 bits per heavy atom. The fourth-order valence-corrected chi connectivity index (χ4v) is 3.63. The predicted molar refractivity (Wildman–Crippen MR) is 81.7 cm³/mol. The zero-order valence-electron chi connectivity index (χ0n) is 11.3. The molecule has 0 saturated heterocycles. The monoisotopic (exact) mass is 291 g/mol. The third-order valence-electron chi connectivity index (χ3n) is 2.68. The zero-order valence-corrected chi connectivity index (χ0v) is 12.9. The van der Waals surface area contributed by atoms with Gasteiger partial charge in [0.15, 0.2) is 5.16 Å². The van der Waals surface area contributed by atoms with Crippen molar-refractivity contribution in [3.05, 3.63) is 41.2 Å². The van der Waals surface area contributed by atoms with Crippen LogP contribution in [0.1, 0.15) is 17.0 Å². The fraction of sp³-hybridized carbons (Fsp3) is 0.286. The predicted octanol–water partition coefficient (Wildman–Crippen LogP) is 3.43. The molecule has 0 aliphatic rings. The molecule has 0 aliphatic heterocycles. The van der Waals surface area contributed by atoms with Crippen LogP contribution in [0.3, 0.4) is 0 Å². The maximum atomic E-state index is 5.87. The second kappa shape index (κ2) is 6.41. The summed E-state index contributed by atoms with van der Waals surface area (Å²) in [4.78, 5) is 11.3. The molecule has 100 valence electrons. The van der Waals surface area contributed by atoms with E-state index >= 15 is 0 Å². The lowest BCUT2D eigenvalue weighted by Crippen LogP contribution is -2.01. The summed E-state index contributed by atoms with van der Waals surface area (Å²) < 4.78 is 0. The first-order chi connectivity index (χ1) is 9.13. The van der Waals surface area contributed by atoms with Gasteiger partial charge >= 0.3 is 0 Å². The summed E-state index contributed by atoms with van der Waals surface area (Å²) in [5.74, 6) is 0. The summed E-state index contributed by atoms with van der Waals surface area (Å²) in [5, 5.41) is 0.783. The fourth-order valence-electron chi connectivity index (χ4n) is 1.87. The number of hydrogen-bond acceptors (Lipinski definition) is 5. The van der Waals surface area contributed by atoms with Crippen LogP contribution in [-0.2, 0) is 6.54 Å². The largest absolute Gasteiger partial charge is 0.326 e. The van der Waals surface area contributed by atoms with Crippen molar-refractivity contribution >= 4 is 23.5 Å². The number of aromatic nitrogens is 2. The van der Waals surface area contributed by atoms with Gasteiger partial charge in [0.25, 0.3) is 0 Å². The quantitative estimate of drug-likeness (QED) is 0.691. The summed E-state index contributed by atoms with van der Waals surface area (Å²) in [7, 11) is 0. The van der Waals surface area contributed by atoms with E-state index in [1.165, 1.54) is 10.5 Å². The minimum atomic E-state index is 0.532. The Bertz CT molecular complexity index is 565. The molecule has 0 amide bonds.